The summed E-state index contributed by atoms with van der Waals surface area (Å²) in [5.41, 5.74) is -0.459. The van der Waals surface area contributed by atoms with Gasteiger partial charge in [-0.3, -0.25) is 14.9 Å². The largest absolute Gasteiger partial charge is 0.321 e. The third kappa shape index (κ3) is 3.67. The fourth-order valence-corrected chi connectivity index (χ4v) is 4.40. The van der Waals surface area contributed by atoms with Crippen LogP contribution in [0.5, 0.6) is 0 Å². The van der Waals surface area contributed by atoms with E-state index < -0.39 is 26.5 Å². The van der Waals surface area contributed by atoms with Gasteiger partial charge in [-0.2, -0.15) is 4.31 Å². The number of nitrogens with one attached hydrogen (secondary N) is 1. The first-order valence-corrected chi connectivity index (χ1v) is 8.75. The van der Waals surface area contributed by atoms with E-state index in [0.717, 1.165) is 25.3 Å². The van der Waals surface area contributed by atoms with Crippen molar-refractivity contribution in [2.24, 2.45) is 0 Å². The highest BCUT2D eigenvalue weighted by atomic mass is 32.2. The van der Waals surface area contributed by atoms with Crippen molar-refractivity contribution >= 4 is 27.3 Å². The van der Waals surface area contributed by atoms with Crippen LogP contribution in [0.25, 0.3) is 0 Å². The van der Waals surface area contributed by atoms with Gasteiger partial charge in [0.25, 0.3) is 5.69 Å². The van der Waals surface area contributed by atoms with Crippen LogP contribution >= 0.6 is 0 Å². The second-order valence-electron chi connectivity index (χ2n) is 5.58. The van der Waals surface area contributed by atoms with Crippen LogP contribution < -0.4 is 5.32 Å². The molecule has 1 atom stereocenters. The Hall–Kier alpha value is -2.00. The van der Waals surface area contributed by atoms with E-state index in [9.17, 15) is 23.3 Å². The summed E-state index contributed by atoms with van der Waals surface area (Å²) in [5, 5.41) is 13.5. The van der Waals surface area contributed by atoms with Gasteiger partial charge in [-0.15, -0.1) is 0 Å². The van der Waals surface area contributed by atoms with Gasteiger partial charge in [-0.1, -0.05) is 6.42 Å². The molecule has 1 aromatic carbocycles. The Labute approximate surface area is 134 Å². The highest BCUT2D eigenvalue weighted by Gasteiger charge is 2.32. The van der Waals surface area contributed by atoms with Crippen LogP contribution in [0.3, 0.4) is 0 Å². The Morgan fingerprint density at radius 2 is 2.09 bits per heavy atom. The summed E-state index contributed by atoms with van der Waals surface area (Å²) >= 11 is 0. The number of sulfonamides is 1. The lowest BCUT2D eigenvalue weighted by atomic mass is 10.1. The zero-order valence-electron chi connectivity index (χ0n) is 13.0. The summed E-state index contributed by atoms with van der Waals surface area (Å²) in [6.45, 7) is 3.46. The van der Waals surface area contributed by atoms with Crippen LogP contribution in [0.15, 0.2) is 23.1 Å². The van der Waals surface area contributed by atoms with Gasteiger partial charge in [0, 0.05) is 25.6 Å². The second kappa shape index (κ2) is 6.63. The van der Waals surface area contributed by atoms with Gasteiger partial charge >= 0.3 is 0 Å². The molecular weight excluding hydrogens is 322 g/mol. The lowest BCUT2D eigenvalue weighted by Crippen LogP contribution is -2.41. The van der Waals surface area contributed by atoms with Crippen molar-refractivity contribution in [1.82, 2.24) is 4.31 Å². The van der Waals surface area contributed by atoms with Crippen LogP contribution in [0.2, 0.25) is 0 Å². The number of amides is 1. The fourth-order valence-electron chi connectivity index (χ4n) is 2.68. The molecule has 1 aromatic rings. The number of carbonyl (C=O) groups excluding carboxylic acids is 1. The van der Waals surface area contributed by atoms with E-state index in [-0.39, 0.29) is 16.6 Å². The Bertz CT molecular complexity index is 732. The van der Waals surface area contributed by atoms with Crippen molar-refractivity contribution in [1.29, 1.82) is 0 Å². The van der Waals surface area contributed by atoms with Gasteiger partial charge in [-0.05, 0) is 31.9 Å². The number of piperidine rings is 1. The van der Waals surface area contributed by atoms with Crippen molar-refractivity contribution in [3.63, 3.8) is 0 Å². The molecule has 0 spiro atoms. The van der Waals surface area contributed by atoms with Crippen LogP contribution in [0, 0.1) is 10.1 Å². The topological polar surface area (TPSA) is 110 Å². The molecule has 1 saturated heterocycles. The van der Waals surface area contributed by atoms with E-state index in [0.29, 0.717) is 6.54 Å². The molecule has 1 heterocycles. The molecule has 1 aliphatic heterocycles. The van der Waals surface area contributed by atoms with E-state index in [1.807, 2.05) is 6.92 Å². The maximum atomic E-state index is 12.7. The summed E-state index contributed by atoms with van der Waals surface area (Å²) in [6, 6.07) is 3.40. The molecule has 23 heavy (non-hydrogen) atoms. The molecule has 126 valence electrons. The maximum Gasteiger partial charge on any atom is 0.294 e. The highest BCUT2D eigenvalue weighted by molar-refractivity contribution is 7.89. The minimum atomic E-state index is -3.80. The van der Waals surface area contributed by atoms with E-state index in [1.54, 1.807) is 0 Å². The molecule has 1 fully saturated rings. The van der Waals surface area contributed by atoms with Gasteiger partial charge in [0.15, 0.2) is 0 Å². The first-order chi connectivity index (χ1) is 10.7. The van der Waals surface area contributed by atoms with Crippen molar-refractivity contribution in [3.05, 3.63) is 28.3 Å². The average molecular weight is 341 g/mol. The summed E-state index contributed by atoms with van der Waals surface area (Å²) in [7, 11) is -3.80. The third-order valence-electron chi connectivity index (χ3n) is 3.83. The zero-order valence-corrected chi connectivity index (χ0v) is 13.8. The second-order valence-corrected chi connectivity index (χ2v) is 7.47. The van der Waals surface area contributed by atoms with E-state index in [4.69, 9.17) is 0 Å². The van der Waals surface area contributed by atoms with E-state index >= 15 is 0 Å². The number of rotatable bonds is 4. The van der Waals surface area contributed by atoms with E-state index in [1.165, 1.54) is 23.4 Å². The normalized spacial score (nSPS) is 19.3. The first kappa shape index (κ1) is 17.4. The highest BCUT2D eigenvalue weighted by Crippen LogP contribution is 2.31. The SMILES string of the molecule is CC(=O)Nc1ccc(S(=O)(=O)N2CCCCC2C)cc1[N+](=O)[O-]. The third-order valence-corrected chi connectivity index (χ3v) is 5.83. The Kier molecular flexibility index (Phi) is 5.00. The molecule has 0 saturated carbocycles. The Balaban J connectivity index is 2.44. The van der Waals surface area contributed by atoms with Gasteiger partial charge in [0.2, 0.25) is 15.9 Å². The Morgan fingerprint density at radius 3 is 2.65 bits per heavy atom. The van der Waals surface area contributed by atoms with Crippen LogP contribution in [-0.4, -0.2) is 36.1 Å². The van der Waals surface area contributed by atoms with Crippen LogP contribution in [0.1, 0.15) is 33.1 Å². The maximum absolute atomic E-state index is 12.7. The molecule has 1 amide bonds. The van der Waals surface area contributed by atoms with E-state index in [2.05, 4.69) is 5.32 Å². The number of hydrogen-bond donors (Lipinski definition) is 1. The smallest absolute Gasteiger partial charge is 0.294 e. The number of nitro groups is 1. The molecule has 9 heteroatoms. The standard InChI is InChI=1S/C14H19N3O5S/c1-10-5-3-4-8-16(10)23(21,22)12-6-7-13(15-11(2)18)14(9-12)17(19)20/h6-7,9-10H,3-5,8H2,1-2H3,(H,15,18). The summed E-state index contributed by atoms with van der Waals surface area (Å²) in [5.74, 6) is -0.464. The minimum absolute atomic E-state index is 0.0202. The molecular formula is C14H19N3O5S. The molecule has 2 rings (SSSR count). The Morgan fingerprint density at radius 1 is 1.39 bits per heavy atom. The van der Waals surface area contributed by atoms with Gasteiger partial charge in [0.1, 0.15) is 5.69 Å². The van der Waals surface area contributed by atoms with Crippen molar-refractivity contribution < 1.29 is 18.1 Å². The lowest BCUT2D eigenvalue weighted by Gasteiger charge is -2.32. The monoisotopic (exact) mass is 341 g/mol. The van der Waals surface area contributed by atoms with Gasteiger partial charge in [0.05, 0.1) is 9.82 Å². The summed E-state index contributed by atoms with van der Waals surface area (Å²) < 4.78 is 26.8. The van der Waals surface area contributed by atoms with Crippen molar-refractivity contribution in [3.8, 4) is 0 Å². The predicted molar refractivity (Wildman–Crippen MR) is 84.6 cm³/mol. The van der Waals surface area contributed by atoms with Crippen molar-refractivity contribution in [2.75, 3.05) is 11.9 Å². The van der Waals surface area contributed by atoms with Crippen LogP contribution in [0.4, 0.5) is 11.4 Å². The van der Waals surface area contributed by atoms with Crippen molar-refractivity contribution in [2.45, 2.75) is 44.0 Å². The molecule has 1 aliphatic rings. The minimum Gasteiger partial charge on any atom is -0.321 e. The quantitative estimate of drug-likeness (QED) is 0.666. The van der Waals surface area contributed by atoms with Crippen LogP contribution in [-0.2, 0) is 14.8 Å². The number of nitro benzene ring substituents is 1. The molecule has 1 unspecified atom stereocenters. The number of benzene rings is 1. The van der Waals surface area contributed by atoms with Gasteiger partial charge in [-0.25, -0.2) is 8.42 Å². The molecule has 1 N–H and O–H groups in total. The zero-order chi connectivity index (χ0) is 17.2. The van der Waals surface area contributed by atoms with Gasteiger partial charge < -0.3 is 5.32 Å². The lowest BCUT2D eigenvalue weighted by molar-refractivity contribution is -0.384. The molecule has 0 bridgehead atoms. The first-order valence-electron chi connectivity index (χ1n) is 7.31. The number of carbonyl (C=O) groups is 1. The average Bonchev–Trinajstić information content (AvgIpc) is 2.46. The molecule has 8 nitrogen and oxygen atoms in total. The molecule has 0 aliphatic carbocycles. The molecule has 0 aromatic heterocycles. The number of hydrogen-bond acceptors (Lipinski definition) is 5. The predicted octanol–water partition coefficient (Wildman–Crippen LogP) is 2.12. The summed E-state index contributed by atoms with van der Waals surface area (Å²) in [4.78, 5) is 21.4. The fraction of sp³-hybridized carbons (Fsp3) is 0.500. The summed E-state index contributed by atoms with van der Waals surface area (Å²) in [6.07, 6.45) is 2.51. The number of anilines is 1. The molecule has 0 radical (unpaired) electrons. The number of nitrogens with zero attached hydrogens (tertiary/aromatic N) is 2.